The summed E-state index contributed by atoms with van der Waals surface area (Å²) in [5, 5.41) is 4.33. The summed E-state index contributed by atoms with van der Waals surface area (Å²) in [4.78, 5) is 17.0. The van der Waals surface area contributed by atoms with Gasteiger partial charge in [0.05, 0.1) is 6.54 Å². The lowest BCUT2D eigenvalue weighted by atomic mass is 10.1. The molecule has 0 fully saturated rings. The Morgan fingerprint density at radius 2 is 1.77 bits per heavy atom. The van der Waals surface area contributed by atoms with Crippen LogP contribution in [0.25, 0.3) is 16.8 Å². The average Bonchev–Trinajstić information content (AvgIpc) is 3.01. The molecule has 0 radical (unpaired) electrons. The van der Waals surface area contributed by atoms with Crippen molar-refractivity contribution in [3.63, 3.8) is 0 Å². The lowest BCUT2D eigenvalue weighted by Gasteiger charge is -2.09. The van der Waals surface area contributed by atoms with Crippen molar-refractivity contribution in [2.45, 2.75) is 26.3 Å². The van der Waals surface area contributed by atoms with Crippen molar-refractivity contribution >= 4 is 5.65 Å². The molecule has 0 aliphatic carbocycles. The van der Waals surface area contributed by atoms with E-state index in [-0.39, 0.29) is 11.4 Å². The molecule has 0 aliphatic heterocycles. The van der Waals surface area contributed by atoms with Gasteiger partial charge >= 0.3 is 12.1 Å². The van der Waals surface area contributed by atoms with Crippen molar-refractivity contribution in [1.82, 2.24) is 19.2 Å². The lowest BCUT2D eigenvalue weighted by Crippen LogP contribution is -2.22. The van der Waals surface area contributed by atoms with Gasteiger partial charge in [-0.3, -0.25) is 4.98 Å². The number of fused-ring (bicyclic) bond motifs is 1. The van der Waals surface area contributed by atoms with Crippen LogP contribution in [0.2, 0.25) is 0 Å². The molecule has 0 saturated heterocycles. The topological polar surface area (TPSA) is 61.4 Å². The number of halogens is 3. The van der Waals surface area contributed by atoms with Crippen LogP contribution in [0.4, 0.5) is 13.2 Å². The Bertz CT molecular complexity index is 1240. The van der Waals surface area contributed by atoms with Gasteiger partial charge in [-0.25, -0.2) is 13.9 Å². The molecule has 154 valence electrons. The zero-order chi connectivity index (χ0) is 21.3. The Hall–Kier alpha value is -3.62. The summed E-state index contributed by atoms with van der Waals surface area (Å²) in [6, 6.07) is 12.8. The van der Waals surface area contributed by atoms with Crippen molar-refractivity contribution in [1.29, 1.82) is 0 Å². The number of ether oxygens (including phenoxy) is 1. The van der Waals surface area contributed by atoms with Crippen LogP contribution < -0.4 is 10.4 Å². The molecule has 1 aromatic carbocycles. The summed E-state index contributed by atoms with van der Waals surface area (Å²) >= 11 is 0. The van der Waals surface area contributed by atoms with E-state index in [1.165, 1.54) is 33.3 Å². The van der Waals surface area contributed by atoms with Crippen LogP contribution >= 0.6 is 0 Å². The van der Waals surface area contributed by atoms with E-state index in [1.54, 1.807) is 24.5 Å². The maximum atomic E-state index is 12.7. The zero-order valence-electron chi connectivity index (χ0n) is 15.9. The highest BCUT2D eigenvalue weighted by Gasteiger charge is 2.30. The van der Waals surface area contributed by atoms with E-state index in [4.69, 9.17) is 0 Å². The summed E-state index contributed by atoms with van der Waals surface area (Å²) < 4.78 is 43.6. The van der Waals surface area contributed by atoms with Crippen molar-refractivity contribution in [3.8, 4) is 16.9 Å². The number of aryl methyl sites for hydroxylation is 3. The minimum Gasteiger partial charge on any atom is -0.406 e. The van der Waals surface area contributed by atoms with Crippen molar-refractivity contribution in [3.05, 3.63) is 82.7 Å². The van der Waals surface area contributed by atoms with Gasteiger partial charge < -0.3 is 4.74 Å². The van der Waals surface area contributed by atoms with Crippen LogP contribution in [0.3, 0.4) is 0 Å². The van der Waals surface area contributed by atoms with Gasteiger partial charge in [-0.2, -0.15) is 0 Å². The van der Waals surface area contributed by atoms with Gasteiger partial charge in [0.15, 0.2) is 5.65 Å². The third kappa shape index (κ3) is 4.35. The van der Waals surface area contributed by atoms with Crippen LogP contribution in [-0.4, -0.2) is 25.5 Å². The van der Waals surface area contributed by atoms with E-state index in [1.807, 2.05) is 19.1 Å². The van der Waals surface area contributed by atoms with Gasteiger partial charge in [0.1, 0.15) is 5.75 Å². The molecule has 0 N–H and O–H groups in total. The van der Waals surface area contributed by atoms with Crippen LogP contribution in [0.5, 0.6) is 5.75 Å². The molecule has 0 saturated carbocycles. The van der Waals surface area contributed by atoms with Crippen molar-refractivity contribution in [2.75, 3.05) is 0 Å². The molecule has 0 atom stereocenters. The quantitative estimate of drug-likeness (QED) is 0.495. The first-order valence-electron chi connectivity index (χ1n) is 9.15. The number of pyridine rings is 2. The number of aromatic nitrogens is 4. The third-order valence-electron chi connectivity index (χ3n) is 4.55. The number of hydrogen-bond acceptors (Lipinski definition) is 4. The van der Waals surface area contributed by atoms with Gasteiger partial charge in [-0.1, -0.05) is 12.1 Å². The second-order valence-corrected chi connectivity index (χ2v) is 6.80. The average molecular weight is 414 g/mol. The monoisotopic (exact) mass is 414 g/mol. The van der Waals surface area contributed by atoms with Gasteiger partial charge in [-0.05, 0) is 60.0 Å². The molecule has 4 rings (SSSR count). The molecule has 0 unspecified atom stereocenters. The molecule has 0 aliphatic rings. The van der Waals surface area contributed by atoms with Crippen LogP contribution in [-0.2, 0) is 13.0 Å². The Kier molecular flexibility index (Phi) is 5.03. The van der Waals surface area contributed by atoms with Gasteiger partial charge in [0.25, 0.3) is 0 Å². The number of rotatable bonds is 5. The Morgan fingerprint density at radius 1 is 1.03 bits per heavy atom. The van der Waals surface area contributed by atoms with E-state index in [0.29, 0.717) is 29.7 Å². The van der Waals surface area contributed by atoms with Crippen LogP contribution in [0.1, 0.15) is 11.3 Å². The number of benzene rings is 1. The molecule has 0 amide bonds. The first kappa shape index (κ1) is 19.7. The smallest absolute Gasteiger partial charge is 0.406 e. The molecule has 3 aromatic heterocycles. The van der Waals surface area contributed by atoms with Crippen molar-refractivity contribution < 1.29 is 17.9 Å². The molecular weight excluding hydrogens is 397 g/mol. The summed E-state index contributed by atoms with van der Waals surface area (Å²) in [6.45, 7) is 2.36. The Balaban J connectivity index is 1.57. The second-order valence-electron chi connectivity index (χ2n) is 6.80. The number of hydrogen-bond donors (Lipinski definition) is 0. The highest BCUT2D eigenvalue weighted by atomic mass is 19.4. The number of alkyl halides is 3. The molecule has 0 bridgehead atoms. The molecule has 6 nitrogen and oxygen atoms in total. The van der Waals surface area contributed by atoms with E-state index >= 15 is 0 Å². The molecule has 0 spiro atoms. The maximum Gasteiger partial charge on any atom is 0.573 e. The van der Waals surface area contributed by atoms with Gasteiger partial charge in [0, 0.05) is 24.5 Å². The minimum absolute atomic E-state index is 0.295. The summed E-state index contributed by atoms with van der Waals surface area (Å²) in [5.74, 6) is -0.304. The fourth-order valence-corrected chi connectivity index (χ4v) is 3.14. The minimum atomic E-state index is -4.74. The molecular formula is C21H17F3N4O2. The lowest BCUT2D eigenvalue weighted by molar-refractivity contribution is -0.274. The van der Waals surface area contributed by atoms with Gasteiger partial charge in [0.2, 0.25) is 0 Å². The van der Waals surface area contributed by atoms with Crippen molar-refractivity contribution in [2.24, 2.45) is 0 Å². The van der Waals surface area contributed by atoms with Gasteiger partial charge in [-0.15, -0.1) is 18.3 Å². The standard InChI is InChI=1S/C21H17F3N4O2/c1-14-8-10-25-17(12-14)9-11-28-20(29)27-13-16(4-7-19(27)26-28)15-2-5-18(6-3-15)30-21(22,23)24/h2-8,10,12-13H,9,11H2,1H3. The fourth-order valence-electron chi connectivity index (χ4n) is 3.14. The largest absolute Gasteiger partial charge is 0.573 e. The highest BCUT2D eigenvalue weighted by Crippen LogP contribution is 2.26. The molecule has 4 aromatic rings. The summed E-state index contributed by atoms with van der Waals surface area (Å²) in [7, 11) is 0. The maximum absolute atomic E-state index is 12.7. The SMILES string of the molecule is Cc1ccnc(CCn2nc3ccc(-c4ccc(OC(F)(F)F)cc4)cn3c2=O)c1. The molecule has 9 heteroatoms. The molecule has 30 heavy (non-hydrogen) atoms. The van der Waals surface area contributed by atoms with E-state index in [2.05, 4.69) is 14.8 Å². The van der Waals surface area contributed by atoms with E-state index < -0.39 is 6.36 Å². The van der Waals surface area contributed by atoms with Crippen LogP contribution in [0, 0.1) is 6.92 Å². The zero-order valence-corrected chi connectivity index (χ0v) is 15.9. The summed E-state index contributed by atoms with van der Waals surface area (Å²) in [6.07, 6.45) is -0.824. The fraction of sp³-hybridized carbons (Fsp3) is 0.190. The molecule has 3 heterocycles. The number of nitrogens with zero attached hydrogens (tertiary/aromatic N) is 4. The van der Waals surface area contributed by atoms with E-state index in [9.17, 15) is 18.0 Å². The van der Waals surface area contributed by atoms with E-state index in [0.717, 1.165) is 11.3 Å². The Labute approximate surface area is 169 Å². The summed E-state index contributed by atoms with van der Waals surface area (Å²) in [5.41, 5.74) is 3.48. The normalized spacial score (nSPS) is 11.7. The van der Waals surface area contributed by atoms with Crippen LogP contribution in [0.15, 0.2) is 65.7 Å². The third-order valence-corrected chi connectivity index (χ3v) is 4.55. The highest BCUT2D eigenvalue weighted by molar-refractivity contribution is 5.65. The Morgan fingerprint density at radius 3 is 2.47 bits per heavy atom. The second kappa shape index (κ2) is 7.66. The predicted molar refractivity (Wildman–Crippen MR) is 104 cm³/mol. The predicted octanol–water partition coefficient (Wildman–Crippen LogP) is 4.01. The first-order valence-corrected chi connectivity index (χ1v) is 9.15. The first-order chi connectivity index (χ1) is 14.3.